The predicted octanol–water partition coefficient (Wildman–Crippen LogP) is 4.95. The number of rotatable bonds is 7. The van der Waals surface area contributed by atoms with Gasteiger partial charge >= 0.3 is 6.18 Å². The second-order valence-corrected chi connectivity index (χ2v) is 5.91. The summed E-state index contributed by atoms with van der Waals surface area (Å²) in [6.45, 7) is -1.49. The van der Waals surface area contributed by atoms with E-state index in [0.29, 0.717) is 17.1 Å². The van der Waals surface area contributed by atoms with Crippen LogP contribution in [-0.4, -0.2) is 32.9 Å². The molecule has 28 heavy (non-hydrogen) atoms. The van der Waals surface area contributed by atoms with Gasteiger partial charge in [0.1, 0.15) is 17.2 Å². The number of benzene rings is 2. The van der Waals surface area contributed by atoms with Crippen molar-refractivity contribution in [3.8, 4) is 17.2 Å². The Kier molecular flexibility index (Phi) is 7.17. The van der Waals surface area contributed by atoms with E-state index in [9.17, 15) is 18.0 Å². The lowest BCUT2D eigenvalue weighted by Crippen LogP contribution is -2.20. The van der Waals surface area contributed by atoms with E-state index in [1.807, 2.05) is 0 Å². The normalized spacial score (nSPS) is 11.4. The third-order valence-electron chi connectivity index (χ3n) is 3.45. The molecule has 150 valence electrons. The van der Waals surface area contributed by atoms with Gasteiger partial charge in [-0.2, -0.15) is 13.2 Å². The summed E-state index contributed by atoms with van der Waals surface area (Å²) in [6.07, 6.45) is -1.81. The summed E-state index contributed by atoms with van der Waals surface area (Å²) < 4.78 is 52.2. The molecule has 0 unspecified atom stereocenters. The first kappa shape index (κ1) is 21.4. The SMILES string of the molecule is COc1ccc(C=CC(=O)Nc2cc(Cl)ccc2OCC(F)(F)F)c(OC)c1. The smallest absolute Gasteiger partial charge is 0.422 e. The molecule has 0 aliphatic heterocycles. The number of nitrogens with one attached hydrogen (secondary N) is 1. The molecule has 1 N–H and O–H groups in total. The van der Waals surface area contributed by atoms with Gasteiger partial charge in [0.25, 0.3) is 0 Å². The number of methoxy groups -OCH3 is 2. The second kappa shape index (κ2) is 9.36. The number of carbonyl (C=O) groups excluding carboxylic acids is 1. The number of alkyl halides is 3. The zero-order chi connectivity index (χ0) is 20.7. The van der Waals surface area contributed by atoms with Gasteiger partial charge in [0.05, 0.1) is 19.9 Å². The Morgan fingerprint density at radius 3 is 2.50 bits per heavy atom. The molecule has 2 aromatic carbocycles. The van der Waals surface area contributed by atoms with Crippen LogP contribution < -0.4 is 19.5 Å². The number of halogens is 4. The monoisotopic (exact) mass is 415 g/mol. The zero-order valence-electron chi connectivity index (χ0n) is 15.0. The fourth-order valence-corrected chi connectivity index (χ4v) is 2.35. The molecule has 0 aliphatic carbocycles. The average molecular weight is 416 g/mol. The predicted molar refractivity (Wildman–Crippen MR) is 100 cm³/mol. The molecule has 0 saturated carbocycles. The van der Waals surface area contributed by atoms with E-state index in [-0.39, 0.29) is 16.5 Å². The van der Waals surface area contributed by atoms with Crippen LogP contribution in [-0.2, 0) is 4.79 Å². The number of hydrogen-bond donors (Lipinski definition) is 1. The lowest BCUT2D eigenvalue weighted by atomic mass is 10.1. The standard InChI is InChI=1S/C19H17ClF3NO4/c1-26-14-6-3-12(17(10-14)27-2)4-8-18(25)24-15-9-13(20)5-7-16(15)28-11-19(21,22)23/h3-10H,11H2,1-2H3,(H,24,25). The minimum Gasteiger partial charge on any atom is -0.497 e. The van der Waals surface area contributed by atoms with Gasteiger partial charge in [0, 0.05) is 22.7 Å². The van der Waals surface area contributed by atoms with E-state index in [2.05, 4.69) is 5.32 Å². The van der Waals surface area contributed by atoms with Gasteiger partial charge in [-0.05, 0) is 36.4 Å². The van der Waals surface area contributed by atoms with Crippen molar-refractivity contribution in [3.63, 3.8) is 0 Å². The molecule has 9 heteroatoms. The summed E-state index contributed by atoms with van der Waals surface area (Å²) in [7, 11) is 2.99. The van der Waals surface area contributed by atoms with Crippen molar-refractivity contribution in [3.05, 3.63) is 53.1 Å². The molecule has 2 rings (SSSR count). The summed E-state index contributed by atoms with van der Waals surface area (Å²) in [5.74, 6) is 0.340. The molecule has 0 spiro atoms. The van der Waals surface area contributed by atoms with Crippen molar-refractivity contribution >= 4 is 29.3 Å². The molecule has 0 saturated heterocycles. The minimum atomic E-state index is -4.51. The van der Waals surface area contributed by atoms with Crippen LogP contribution in [0.3, 0.4) is 0 Å². The topological polar surface area (TPSA) is 56.8 Å². The molecule has 0 aliphatic rings. The second-order valence-electron chi connectivity index (χ2n) is 5.47. The molecule has 0 aromatic heterocycles. The van der Waals surface area contributed by atoms with Crippen LogP contribution in [0.2, 0.25) is 5.02 Å². The maximum absolute atomic E-state index is 12.4. The van der Waals surface area contributed by atoms with E-state index in [1.54, 1.807) is 18.2 Å². The Labute approximate surface area is 164 Å². The molecular formula is C19H17ClF3NO4. The van der Waals surface area contributed by atoms with Crippen molar-refractivity contribution in [2.45, 2.75) is 6.18 Å². The first-order valence-corrected chi connectivity index (χ1v) is 8.30. The van der Waals surface area contributed by atoms with Crippen LogP contribution in [0.15, 0.2) is 42.5 Å². The highest BCUT2D eigenvalue weighted by atomic mass is 35.5. The van der Waals surface area contributed by atoms with Gasteiger partial charge in [0.15, 0.2) is 6.61 Å². The number of carbonyl (C=O) groups is 1. The summed E-state index contributed by atoms with van der Waals surface area (Å²) in [6, 6.07) is 8.95. The first-order chi connectivity index (χ1) is 13.2. The van der Waals surface area contributed by atoms with Crippen LogP contribution in [0.4, 0.5) is 18.9 Å². The fraction of sp³-hybridized carbons (Fsp3) is 0.211. The highest BCUT2D eigenvalue weighted by molar-refractivity contribution is 6.31. The number of ether oxygens (including phenoxy) is 3. The number of anilines is 1. The minimum absolute atomic E-state index is 0.0214. The van der Waals surface area contributed by atoms with E-state index < -0.39 is 18.7 Å². The molecule has 0 heterocycles. The lowest BCUT2D eigenvalue weighted by Gasteiger charge is -2.13. The Balaban J connectivity index is 2.14. The highest BCUT2D eigenvalue weighted by Crippen LogP contribution is 2.30. The van der Waals surface area contributed by atoms with Crippen molar-refractivity contribution in [2.24, 2.45) is 0 Å². The van der Waals surface area contributed by atoms with Crippen molar-refractivity contribution in [2.75, 3.05) is 26.1 Å². The molecule has 0 radical (unpaired) electrons. The van der Waals surface area contributed by atoms with Crippen LogP contribution in [0.1, 0.15) is 5.56 Å². The van der Waals surface area contributed by atoms with Gasteiger partial charge in [-0.1, -0.05) is 11.6 Å². The summed E-state index contributed by atoms with van der Waals surface area (Å²) in [5.41, 5.74) is 0.631. The Morgan fingerprint density at radius 2 is 1.86 bits per heavy atom. The van der Waals surface area contributed by atoms with Crippen LogP contribution in [0.5, 0.6) is 17.2 Å². The van der Waals surface area contributed by atoms with Gasteiger partial charge < -0.3 is 19.5 Å². The van der Waals surface area contributed by atoms with Crippen LogP contribution >= 0.6 is 11.6 Å². The molecular weight excluding hydrogens is 399 g/mol. The molecule has 5 nitrogen and oxygen atoms in total. The van der Waals surface area contributed by atoms with Crippen molar-refractivity contribution < 1.29 is 32.2 Å². The maximum Gasteiger partial charge on any atom is 0.422 e. The van der Waals surface area contributed by atoms with Crippen molar-refractivity contribution in [1.82, 2.24) is 0 Å². The van der Waals surface area contributed by atoms with Crippen LogP contribution in [0.25, 0.3) is 6.08 Å². The Hall–Kier alpha value is -2.87. The zero-order valence-corrected chi connectivity index (χ0v) is 15.7. The van der Waals surface area contributed by atoms with Gasteiger partial charge in [-0.3, -0.25) is 4.79 Å². The largest absolute Gasteiger partial charge is 0.497 e. The summed E-state index contributed by atoms with van der Waals surface area (Å²) >= 11 is 5.86. The molecule has 1 amide bonds. The highest BCUT2D eigenvalue weighted by Gasteiger charge is 2.29. The third kappa shape index (κ3) is 6.38. The van der Waals surface area contributed by atoms with Gasteiger partial charge in [-0.15, -0.1) is 0 Å². The molecule has 0 fully saturated rings. The van der Waals surface area contributed by atoms with Crippen LogP contribution in [0, 0.1) is 0 Å². The lowest BCUT2D eigenvalue weighted by molar-refractivity contribution is -0.153. The Bertz CT molecular complexity index is 869. The first-order valence-electron chi connectivity index (χ1n) is 7.92. The van der Waals surface area contributed by atoms with Gasteiger partial charge in [-0.25, -0.2) is 0 Å². The summed E-state index contributed by atoms with van der Waals surface area (Å²) in [4.78, 5) is 12.2. The van der Waals surface area contributed by atoms with E-state index in [4.69, 9.17) is 25.8 Å². The maximum atomic E-state index is 12.4. The fourth-order valence-electron chi connectivity index (χ4n) is 2.18. The molecule has 2 aromatic rings. The van der Waals surface area contributed by atoms with Gasteiger partial charge in [0.2, 0.25) is 5.91 Å². The number of amides is 1. The third-order valence-corrected chi connectivity index (χ3v) is 3.68. The van der Waals surface area contributed by atoms with E-state index in [0.717, 1.165) is 0 Å². The van der Waals surface area contributed by atoms with Crippen molar-refractivity contribution in [1.29, 1.82) is 0 Å². The summed E-state index contributed by atoms with van der Waals surface area (Å²) in [5, 5.41) is 2.68. The number of hydrogen-bond acceptors (Lipinski definition) is 4. The van der Waals surface area contributed by atoms with E-state index in [1.165, 1.54) is 44.6 Å². The average Bonchev–Trinajstić information content (AvgIpc) is 2.64. The molecule has 0 atom stereocenters. The Morgan fingerprint density at radius 1 is 1.11 bits per heavy atom. The molecule has 0 bridgehead atoms. The van der Waals surface area contributed by atoms with E-state index >= 15 is 0 Å². The quantitative estimate of drug-likeness (QED) is 0.650.